The minimum absolute atomic E-state index is 0.0113. The smallest absolute Gasteiger partial charge is 0.326 e. The van der Waals surface area contributed by atoms with Crippen LogP contribution in [0.1, 0.15) is 13.8 Å². The Kier molecular flexibility index (Phi) is 4.30. The van der Waals surface area contributed by atoms with Crippen molar-refractivity contribution in [2.45, 2.75) is 32.1 Å². The average molecular weight is 246 g/mol. The van der Waals surface area contributed by atoms with E-state index in [2.05, 4.69) is 5.32 Å². The number of carboxylic acids is 1. The zero-order valence-electron chi connectivity index (χ0n) is 9.83. The molecule has 0 aliphatic carbocycles. The highest BCUT2D eigenvalue weighted by atomic mass is 16.4. The van der Waals surface area contributed by atoms with Crippen molar-refractivity contribution in [2.75, 3.05) is 13.1 Å². The van der Waals surface area contributed by atoms with E-state index in [4.69, 9.17) is 5.11 Å². The van der Waals surface area contributed by atoms with Crippen LogP contribution in [0.5, 0.6) is 0 Å². The molecule has 17 heavy (non-hydrogen) atoms. The van der Waals surface area contributed by atoms with E-state index in [1.54, 1.807) is 13.8 Å². The number of hydrogen-bond acceptors (Lipinski definition) is 4. The van der Waals surface area contributed by atoms with Gasteiger partial charge in [-0.25, -0.2) is 9.59 Å². The number of rotatable bonds is 3. The van der Waals surface area contributed by atoms with E-state index < -0.39 is 30.3 Å². The summed E-state index contributed by atoms with van der Waals surface area (Å²) < 4.78 is 0. The summed E-state index contributed by atoms with van der Waals surface area (Å²) >= 11 is 0. The monoisotopic (exact) mass is 246 g/mol. The molecule has 0 aromatic rings. The Morgan fingerprint density at radius 1 is 1.24 bits per heavy atom. The number of amides is 2. The lowest BCUT2D eigenvalue weighted by atomic mass is 10.1. The standard InChI is InChI=1S/C10H18N2O5/c1-5(2)8(9(15)16)11-10(17)12-3-6(13)7(14)4-12/h5-8,13-14H,3-4H2,1-2H3,(H,11,17)(H,15,16)/t6?,7?,8-/m0/s1. The maximum absolute atomic E-state index is 11.7. The van der Waals surface area contributed by atoms with E-state index in [1.165, 1.54) is 4.90 Å². The predicted octanol–water partition coefficient (Wildman–Crippen LogP) is -1.16. The van der Waals surface area contributed by atoms with Gasteiger partial charge in [0.15, 0.2) is 0 Å². The third kappa shape index (κ3) is 3.31. The van der Waals surface area contributed by atoms with E-state index in [0.29, 0.717) is 0 Å². The van der Waals surface area contributed by atoms with Gasteiger partial charge < -0.3 is 25.5 Å². The molecule has 1 aliphatic heterocycles. The zero-order valence-corrected chi connectivity index (χ0v) is 9.83. The molecule has 98 valence electrons. The Morgan fingerprint density at radius 3 is 2.06 bits per heavy atom. The number of β-amino-alcohol motifs (C(OH)–C–C–N with tert-alkyl or cyclic N) is 2. The second-order valence-corrected chi connectivity index (χ2v) is 4.55. The van der Waals surface area contributed by atoms with Gasteiger partial charge in [-0.3, -0.25) is 0 Å². The fourth-order valence-corrected chi connectivity index (χ4v) is 1.67. The molecule has 0 aromatic heterocycles. The Bertz CT molecular complexity index is 297. The van der Waals surface area contributed by atoms with Gasteiger partial charge in [0.25, 0.3) is 0 Å². The Balaban J connectivity index is 2.57. The summed E-state index contributed by atoms with van der Waals surface area (Å²) in [5, 5.41) is 29.8. The molecule has 2 amide bonds. The van der Waals surface area contributed by atoms with E-state index in [1.807, 2.05) is 0 Å². The number of nitrogens with zero attached hydrogens (tertiary/aromatic N) is 1. The summed E-state index contributed by atoms with van der Waals surface area (Å²) in [6, 6.07) is -1.56. The lowest BCUT2D eigenvalue weighted by molar-refractivity contribution is -0.140. The van der Waals surface area contributed by atoms with Crippen molar-refractivity contribution in [3.8, 4) is 0 Å². The van der Waals surface area contributed by atoms with Crippen molar-refractivity contribution in [2.24, 2.45) is 5.92 Å². The summed E-state index contributed by atoms with van der Waals surface area (Å²) in [6.45, 7) is 3.40. The summed E-state index contributed by atoms with van der Waals surface area (Å²) in [5.74, 6) is -1.34. The number of hydrogen-bond donors (Lipinski definition) is 4. The van der Waals surface area contributed by atoms with Gasteiger partial charge in [0, 0.05) is 0 Å². The molecule has 7 nitrogen and oxygen atoms in total. The Labute approximate surface area is 99.0 Å². The van der Waals surface area contributed by atoms with E-state index in [0.717, 1.165) is 0 Å². The van der Waals surface area contributed by atoms with Crippen molar-refractivity contribution in [1.82, 2.24) is 10.2 Å². The Morgan fingerprint density at radius 2 is 1.71 bits per heavy atom. The molecule has 3 atom stereocenters. The van der Waals surface area contributed by atoms with Crippen LogP contribution in [-0.4, -0.2) is 63.6 Å². The molecular weight excluding hydrogens is 228 g/mol. The van der Waals surface area contributed by atoms with Crippen molar-refractivity contribution in [3.63, 3.8) is 0 Å². The third-order valence-corrected chi connectivity index (χ3v) is 2.76. The molecule has 1 aliphatic rings. The molecule has 0 bridgehead atoms. The molecule has 1 fully saturated rings. The third-order valence-electron chi connectivity index (χ3n) is 2.76. The number of aliphatic hydroxyl groups excluding tert-OH is 2. The highest BCUT2D eigenvalue weighted by molar-refractivity contribution is 5.83. The average Bonchev–Trinajstić information content (AvgIpc) is 2.54. The first-order chi connectivity index (χ1) is 7.82. The second kappa shape index (κ2) is 5.33. The Hall–Kier alpha value is -1.34. The van der Waals surface area contributed by atoms with Crippen molar-refractivity contribution in [3.05, 3.63) is 0 Å². The molecule has 4 N–H and O–H groups in total. The van der Waals surface area contributed by atoms with E-state index in [9.17, 15) is 19.8 Å². The number of likely N-dealkylation sites (tertiary alicyclic amines) is 1. The molecule has 1 saturated heterocycles. The molecule has 1 heterocycles. The normalized spacial score (nSPS) is 26.1. The van der Waals surface area contributed by atoms with Crippen molar-refractivity contribution < 1.29 is 24.9 Å². The topological polar surface area (TPSA) is 110 Å². The first-order valence-electron chi connectivity index (χ1n) is 5.47. The van der Waals surface area contributed by atoms with Crippen LogP contribution in [0.15, 0.2) is 0 Å². The number of aliphatic hydroxyl groups is 2. The minimum atomic E-state index is -1.10. The van der Waals surface area contributed by atoms with Gasteiger partial charge >= 0.3 is 12.0 Å². The molecule has 2 unspecified atom stereocenters. The van der Waals surface area contributed by atoms with Crippen LogP contribution in [0.25, 0.3) is 0 Å². The highest BCUT2D eigenvalue weighted by Crippen LogP contribution is 2.11. The van der Waals surface area contributed by atoms with Crippen LogP contribution < -0.4 is 5.32 Å². The summed E-state index contributed by atoms with van der Waals surface area (Å²) in [7, 11) is 0. The number of carbonyl (C=O) groups is 2. The SMILES string of the molecule is CC(C)[C@H](NC(=O)N1CC(O)C(O)C1)C(=O)O. The van der Waals surface area contributed by atoms with Gasteiger partial charge in [-0.15, -0.1) is 0 Å². The fourth-order valence-electron chi connectivity index (χ4n) is 1.67. The summed E-state index contributed by atoms with van der Waals surface area (Å²) in [6.07, 6.45) is -1.94. The molecule has 0 aromatic carbocycles. The van der Waals surface area contributed by atoms with Gasteiger partial charge in [-0.1, -0.05) is 13.8 Å². The van der Waals surface area contributed by atoms with E-state index in [-0.39, 0.29) is 19.0 Å². The number of urea groups is 1. The van der Waals surface area contributed by atoms with Crippen molar-refractivity contribution in [1.29, 1.82) is 0 Å². The van der Waals surface area contributed by atoms with Gasteiger partial charge in [-0.05, 0) is 5.92 Å². The number of nitrogens with one attached hydrogen (secondary N) is 1. The van der Waals surface area contributed by atoms with Gasteiger partial charge in [0.05, 0.1) is 25.3 Å². The molecule has 0 spiro atoms. The lowest BCUT2D eigenvalue weighted by Gasteiger charge is -2.22. The quantitative estimate of drug-likeness (QED) is 0.502. The van der Waals surface area contributed by atoms with Crippen LogP contribution in [0.2, 0.25) is 0 Å². The number of aliphatic carboxylic acids is 1. The maximum atomic E-state index is 11.7. The van der Waals surface area contributed by atoms with Crippen LogP contribution in [-0.2, 0) is 4.79 Å². The fraction of sp³-hybridized carbons (Fsp3) is 0.800. The van der Waals surface area contributed by atoms with Crippen LogP contribution in [0.3, 0.4) is 0 Å². The zero-order chi connectivity index (χ0) is 13.2. The van der Waals surface area contributed by atoms with Gasteiger partial charge in [-0.2, -0.15) is 0 Å². The first-order valence-corrected chi connectivity index (χ1v) is 5.47. The first kappa shape index (κ1) is 13.7. The van der Waals surface area contributed by atoms with E-state index >= 15 is 0 Å². The minimum Gasteiger partial charge on any atom is -0.480 e. The lowest BCUT2D eigenvalue weighted by Crippen LogP contribution is -2.49. The predicted molar refractivity (Wildman–Crippen MR) is 58.4 cm³/mol. The number of carbonyl (C=O) groups excluding carboxylic acids is 1. The maximum Gasteiger partial charge on any atom is 0.326 e. The molecule has 7 heteroatoms. The molecule has 0 saturated carbocycles. The van der Waals surface area contributed by atoms with Crippen LogP contribution >= 0.6 is 0 Å². The van der Waals surface area contributed by atoms with Gasteiger partial charge in [0.2, 0.25) is 0 Å². The summed E-state index contributed by atoms with van der Waals surface area (Å²) in [4.78, 5) is 23.8. The molecular formula is C10H18N2O5. The second-order valence-electron chi connectivity index (χ2n) is 4.55. The highest BCUT2D eigenvalue weighted by Gasteiger charge is 2.34. The molecule has 0 radical (unpaired) electrons. The van der Waals surface area contributed by atoms with Crippen LogP contribution in [0, 0.1) is 5.92 Å². The molecule has 1 rings (SSSR count). The summed E-state index contributed by atoms with van der Waals surface area (Å²) in [5.41, 5.74) is 0. The van der Waals surface area contributed by atoms with Gasteiger partial charge in [0.1, 0.15) is 6.04 Å². The number of carboxylic acid groups (broad SMARTS) is 1. The van der Waals surface area contributed by atoms with Crippen LogP contribution in [0.4, 0.5) is 4.79 Å². The van der Waals surface area contributed by atoms with Crippen molar-refractivity contribution >= 4 is 12.0 Å². The largest absolute Gasteiger partial charge is 0.480 e.